The number of rotatable bonds is 0. The van der Waals surface area contributed by atoms with Crippen molar-refractivity contribution in [2.45, 2.75) is 0 Å². The largest absolute Gasteiger partial charge is 0.261 e. The average molecular weight is 239 g/mol. The summed E-state index contributed by atoms with van der Waals surface area (Å²) in [4.78, 5) is 11.8. The van der Waals surface area contributed by atoms with Crippen molar-refractivity contribution in [1.29, 1.82) is 0 Å². The van der Waals surface area contributed by atoms with E-state index < -0.39 is 0 Å². The third-order valence-electron chi connectivity index (χ3n) is 2.27. The first-order valence-corrected chi connectivity index (χ1v) is 5.28. The molecule has 4 heterocycles. The van der Waals surface area contributed by atoms with Gasteiger partial charge in [-0.05, 0) is 18.2 Å². The number of aromatic amines is 1. The molecule has 0 atom stereocenters. The van der Waals surface area contributed by atoms with Crippen LogP contribution in [-0.4, -0.2) is 34.8 Å². The first-order valence-electron chi connectivity index (χ1n) is 5.28. The number of hydrogen-bond acceptors (Lipinski definition) is 5. The Balaban J connectivity index is 0.000000111. The summed E-state index contributed by atoms with van der Waals surface area (Å²) in [6, 6.07) is 5.66. The van der Waals surface area contributed by atoms with E-state index in [-0.39, 0.29) is 0 Å². The van der Waals surface area contributed by atoms with Gasteiger partial charge in [-0.25, -0.2) is 14.5 Å². The van der Waals surface area contributed by atoms with E-state index in [4.69, 9.17) is 0 Å². The van der Waals surface area contributed by atoms with Crippen LogP contribution in [-0.2, 0) is 0 Å². The van der Waals surface area contributed by atoms with Gasteiger partial charge in [0.2, 0.25) is 0 Å². The summed E-state index contributed by atoms with van der Waals surface area (Å²) in [5.74, 6) is 0.637. The van der Waals surface area contributed by atoms with Gasteiger partial charge in [0.15, 0.2) is 5.65 Å². The third kappa shape index (κ3) is 2.01. The maximum atomic E-state index is 4.02. The zero-order chi connectivity index (χ0) is 12.2. The van der Waals surface area contributed by atoms with E-state index in [9.17, 15) is 0 Å². The predicted octanol–water partition coefficient (Wildman–Crippen LogP) is 1.08. The van der Waals surface area contributed by atoms with Crippen molar-refractivity contribution in [3.8, 4) is 0 Å². The maximum Gasteiger partial charge on any atom is 0.252 e. The van der Waals surface area contributed by atoms with Gasteiger partial charge in [0.05, 0.1) is 6.20 Å². The monoisotopic (exact) mass is 239 g/mol. The molecule has 0 bridgehead atoms. The molecule has 7 nitrogen and oxygen atoms in total. The Hall–Kier alpha value is -2.83. The van der Waals surface area contributed by atoms with Crippen LogP contribution in [0.25, 0.3) is 16.8 Å². The molecule has 88 valence electrons. The SMILES string of the molecule is c1cnc2[nH]ncc2c1.c1cnc2ncnn2c1. The summed E-state index contributed by atoms with van der Waals surface area (Å²) in [7, 11) is 0. The summed E-state index contributed by atoms with van der Waals surface area (Å²) in [6.45, 7) is 0. The molecule has 18 heavy (non-hydrogen) atoms. The maximum absolute atomic E-state index is 4.02. The van der Waals surface area contributed by atoms with E-state index >= 15 is 0 Å². The second-order valence-electron chi connectivity index (χ2n) is 3.44. The van der Waals surface area contributed by atoms with E-state index in [0.717, 1.165) is 11.0 Å². The summed E-state index contributed by atoms with van der Waals surface area (Å²) < 4.78 is 1.61. The second-order valence-corrected chi connectivity index (χ2v) is 3.44. The topological polar surface area (TPSA) is 84.6 Å². The van der Waals surface area contributed by atoms with Crippen LogP contribution in [0.3, 0.4) is 0 Å². The lowest BCUT2D eigenvalue weighted by molar-refractivity contribution is 0.939. The normalized spacial score (nSPS) is 10.2. The molecule has 0 aliphatic rings. The van der Waals surface area contributed by atoms with Gasteiger partial charge >= 0.3 is 0 Å². The van der Waals surface area contributed by atoms with Crippen LogP contribution < -0.4 is 0 Å². The smallest absolute Gasteiger partial charge is 0.252 e. The molecule has 4 aromatic heterocycles. The number of nitrogens with one attached hydrogen (secondary N) is 1. The van der Waals surface area contributed by atoms with Crippen molar-refractivity contribution in [2.75, 3.05) is 0 Å². The minimum Gasteiger partial charge on any atom is -0.261 e. The van der Waals surface area contributed by atoms with Crippen LogP contribution in [0.5, 0.6) is 0 Å². The van der Waals surface area contributed by atoms with Crippen LogP contribution >= 0.6 is 0 Å². The van der Waals surface area contributed by atoms with Crippen molar-refractivity contribution in [2.24, 2.45) is 0 Å². The number of aromatic nitrogens is 7. The molecule has 4 rings (SSSR count). The van der Waals surface area contributed by atoms with Gasteiger partial charge in [0, 0.05) is 24.0 Å². The molecule has 1 N–H and O–H groups in total. The molecule has 0 spiro atoms. The molecule has 0 fully saturated rings. The quantitative estimate of drug-likeness (QED) is 0.496. The van der Waals surface area contributed by atoms with Gasteiger partial charge in [-0.15, -0.1) is 0 Å². The fraction of sp³-hybridized carbons (Fsp3) is 0. The van der Waals surface area contributed by atoms with E-state index in [1.807, 2.05) is 18.2 Å². The lowest BCUT2D eigenvalue weighted by Gasteiger charge is -1.83. The highest BCUT2D eigenvalue weighted by atomic mass is 15.3. The molecule has 0 radical (unpaired) electrons. The summed E-state index contributed by atoms with van der Waals surface area (Å²) in [6.07, 6.45) is 8.45. The van der Waals surface area contributed by atoms with Crippen LogP contribution in [0.4, 0.5) is 0 Å². The highest BCUT2D eigenvalue weighted by Gasteiger charge is 1.90. The molecule has 0 saturated heterocycles. The Kier molecular flexibility index (Phi) is 2.63. The highest BCUT2D eigenvalue weighted by Crippen LogP contribution is 2.03. The lowest BCUT2D eigenvalue weighted by Crippen LogP contribution is -1.86. The molecule has 0 amide bonds. The van der Waals surface area contributed by atoms with Crippen molar-refractivity contribution < 1.29 is 0 Å². The Bertz CT molecular complexity index is 631. The van der Waals surface area contributed by atoms with Crippen LogP contribution in [0.1, 0.15) is 0 Å². The Morgan fingerprint density at radius 2 is 2.00 bits per heavy atom. The van der Waals surface area contributed by atoms with Crippen molar-refractivity contribution in [3.63, 3.8) is 0 Å². The van der Waals surface area contributed by atoms with Crippen LogP contribution in [0.2, 0.25) is 0 Å². The number of pyridine rings is 1. The van der Waals surface area contributed by atoms with Crippen LogP contribution in [0.15, 0.2) is 49.3 Å². The summed E-state index contributed by atoms with van der Waals surface area (Å²) in [5.41, 5.74) is 0.845. The molecule has 7 heteroatoms. The zero-order valence-corrected chi connectivity index (χ0v) is 9.30. The average Bonchev–Trinajstić information content (AvgIpc) is 3.08. The van der Waals surface area contributed by atoms with Gasteiger partial charge in [0.25, 0.3) is 5.78 Å². The van der Waals surface area contributed by atoms with E-state index in [0.29, 0.717) is 5.78 Å². The standard InChI is InChI=1S/C6H5N3.C5H4N4/c1-2-5-4-8-9-6(5)7-3-1;1-2-6-5-7-4-8-9(5)3-1/h1-4H,(H,7,8,9);1-4H. The molecule has 0 aliphatic carbocycles. The Labute approximate surface area is 102 Å². The number of nitrogens with zero attached hydrogens (tertiary/aromatic N) is 6. The predicted molar refractivity (Wildman–Crippen MR) is 64.7 cm³/mol. The lowest BCUT2D eigenvalue weighted by atomic mass is 10.4. The highest BCUT2D eigenvalue weighted by molar-refractivity contribution is 5.72. The molecule has 0 saturated carbocycles. The number of hydrogen-bond donors (Lipinski definition) is 1. The number of H-pyrrole nitrogens is 1. The Morgan fingerprint density at radius 1 is 1.06 bits per heavy atom. The minimum absolute atomic E-state index is 0.637. The van der Waals surface area contributed by atoms with Crippen molar-refractivity contribution >= 4 is 16.8 Å². The fourth-order valence-electron chi connectivity index (χ4n) is 1.45. The van der Waals surface area contributed by atoms with Gasteiger partial charge in [-0.1, -0.05) is 0 Å². The van der Waals surface area contributed by atoms with Gasteiger partial charge in [-0.2, -0.15) is 15.2 Å². The van der Waals surface area contributed by atoms with E-state index in [1.54, 1.807) is 29.3 Å². The summed E-state index contributed by atoms with van der Waals surface area (Å²) in [5, 5.41) is 11.5. The van der Waals surface area contributed by atoms with Crippen molar-refractivity contribution in [3.05, 3.63) is 49.3 Å². The Morgan fingerprint density at radius 3 is 2.89 bits per heavy atom. The van der Waals surface area contributed by atoms with Gasteiger partial charge in [0.1, 0.15) is 6.33 Å². The molecular formula is C11H9N7. The van der Waals surface area contributed by atoms with E-state index in [1.165, 1.54) is 6.33 Å². The van der Waals surface area contributed by atoms with E-state index in [2.05, 4.69) is 30.2 Å². The first kappa shape index (κ1) is 10.3. The minimum atomic E-state index is 0.637. The van der Waals surface area contributed by atoms with Crippen molar-refractivity contribution in [1.82, 2.24) is 34.8 Å². The zero-order valence-electron chi connectivity index (χ0n) is 9.30. The third-order valence-corrected chi connectivity index (χ3v) is 2.27. The molecule has 0 unspecified atom stereocenters. The van der Waals surface area contributed by atoms with Crippen LogP contribution in [0, 0.1) is 0 Å². The fourth-order valence-corrected chi connectivity index (χ4v) is 1.45. The second kappa shape index (κ2) is 4.58. The molecular weight excluding hydrogens is 230 g/mol. The summed E-state index contributed by atoms with van der Waals surface area (Å²) >= 11 is 0. The molecule has 0 aliphatic heterocycles. The molecule has 4 aromatic rings. The van der Waals surface area contributed by atoms with Gasteiger partial charge in [-0.3, -0.25) is 5.10 Å². The first-order chi connectivity index (χ1) is 8.93. The molecule has 0 aromatic carbocycles. The number of fused-ring (bicyclic) bond motifs is 2. The van der Waals surface area contributed by atoms with Gasteiger partial charge < -0.3 is 0 Å².